The van der Waals surface area contributed by atoms with E-state index in [1.165, 1.54) is 7.11 Å². The Morgan fingerprint density at radius 1 is 1.33 bits per heavy atom. The van der Waals surface area contributed by atoms with Gasteiger partial charge in [0.1, 0.15) is 0 Å². The van der Waals surface area contributed by atoms with E-state index in [-0.39, 0.29) is 0 Å². The number of benzene rings is 1. The highest BCUT2D eigenvalue weighted by atomic mass is 16.5. The van der Waals surface area contributed by atoms with Crippen LogP contribution in [0, 0.1) is 0 Å². The van der Waals surface area contributed by atoms with Gasteiger partial charge >= 0.3 is 12.0 Å². The molecule has 0 atom stereocenters. The van der Waals surface area contributed by atoms with E-state index in [9.17, 15) is 9.59 Å². The first-order valence-corrected chi connectivity index (χ1v) is 5.30. The quantitative estimate of drug-likeness (QED) is 0.337. The van der Waals surface area contributed by atoms with Crippen LogP contribution >= 0.6 is 0 Å². The highest BCUT2D eigenvalue weighted by Crippen LogP contribution is 2.23. The molecule has 7 nitrogen and oxygen atoms in total. The molecule has 0 heterocycles. The van der Waals surface area contributed by atoms with Crippen molar-refractivity contribution >= 4 is 23.4 Å². The molecular formula is C11H16N4O3. The Morgan fingerprint density at radius 3 is 2.67 bits per heavy atom. The zero-order valence-electron chi connectivity index (χ0n) is 10.0. The van der Waals surface area contributed by atoms with Crippen molar-refractivity contribution in [2.45, 2.75) is 0 Å². The van der Waals surface area contributed by atoms with Gasteiger partial charge in [0, 0.05) is 13.1 Å². The first kappa shape index (κ1) is 13.6. The minimum Gasteiger partial charge on any atom is -0.465 e. The number of nitrogen functional groups attached to an aromatic ring is 1. The molecule has 1 aromatic rings. The van der Waals surface area contributed by atoms with Gasteiger partial charge in [-0.3, -0.25) is 0 Å². The molecule has 0 aliphatic rings. The van der Waals surface area contributed by atoms with E-state index >= 15 is 0 Å². The van der Waals surface area contributed by atoms with Gasteiger partial charge in [0.25, 0.3) is 0 Å². The molecule has 18 heavy (non-hydrogen) atoms. The average Bonchev–Trinajstić information content (AvgIpc) is 2.34. The molecular weight excluding hydrogens is 236 g/mol. The number of hydrogen-bond donors (Lipinski definition) is 4. The van der Waals surface area contributed by atoms with Crippen LogP contribution in [0.4, 0.5) is 16.2 Å². The predicted octanol–water partition coefficient (Wildman–Crippen LogP) is 0.136. The van der Waals surface area contributed by atoms with E-state index in [0.29, 0.717) is 30.0 Å². The summed E-state index contributed by atoms with van der Waals surface area (Å²) in [4.78, 5) is 22.0. The summed E-state index contributed by atoms with van der Waals surface area (Å²) in [7, 11) is 1.30. The molecule has 2 amide bonds. The molecule has 0 aliphatic heterocycles. The van der Waals surface area contributed by atoms with Gasteiger partial charge in [0.15, 0.2) is 0 Å². The minimum atomic E-state index is -0.606. The lowest BCUT2D eigenvalue weighted by Crippen LogP contribution is -2.33. The zero-order valence-corrected chi connectivity index (χ0v) is 10.0. The van der Waals surface area contributed by atoms with Crippen molar-refractivity contribution in [1.82, 2.24) is 5.32 Å². The third kappa shape index (κ3) is 3.55. The van der Waals surface area contributed by atoms with Crippen LogP contribution < -0.4 is 22.1 Å². The lowest BCUT2D eigenvalue weighted by molar-refractivity contribution is 0.0602. The van der Waals surface area contributed by atoms with E-state index in [2.05, 4.69) is 15.4 Å². The molecule has 0 unspecified atom stereocenters. The van der Waals surface area contributed by atoms with Crippen LogP contribution in [0.2, 0.25) is 0 Å². The second-order valence-corrected chi connectivity index (χ2v) is 3.48. The van der Waals surface area contributed by atoms with Crippen LogP contribution in [0.25, 0.3) is 0 Å². The molecule has 7 heteroatoms. The third-order valence-corrected chi connectivity index (χ3v) is 2.23. The summed E-state index contributed by atoms with van der Waals surface area (Å²) in [5, 5.41) is 5.37. The molecule has 0 aliphatic carbocycles. The predicted molar refractivity (Wildman–Crippen MR) is 68.3 cm³/mol. The Morgan fingerprint density at radius 2 is 2.06 bits per heavy atom. The van der Waals surface area contributed by atoms with Gasteiger partial charge in [-0.2, -0.15) is 0 Å². The first-order chi connectivity index (χ1) is 8.56. The number of hydrogen-bond acceptors (Lipinski definition) is 5. The number of urea groups is 1. The summed E-state index contributed by atoms with van der Waals surface area (Å²) in [6.45, 7) is 0.714. The first-order valence-electron chi connectivity index (χ1n) is 5.30. The van der Waals surface area contributed by atoms with E-state index in [0.717, 1.165) is 0 Å². The van der Waals surface area contributed by atoms with Crippen molar-refractivity contribution in [3.05, 3.63) is 23.8 Å². The van der Waals surface area contributed by atoms with Gasteiger partial charge < -0.3 is 26.8 Å². The molecule has 0 saturated heterocycles. The Bertz CT molecular complexity index is 448. The number of methoxy groups -OCH3 is 1. The van der Waals surface area contributed by atoms with E-state index < -0.39 is 12.0 Å². The number of anilines is 2. The molecule has 1 aromatic carbocycles. The van der Waals surface area contributed by atoms with Gasteiger partial charge in [-0.1, -0.05) is 6.07 Å². The van der Waals surface area contributed by atoms with Gasteiger partial charge in [0.05, 0.1) is 24.0 Å². The molecule has 0 bridgehead atoms. The Balaban J connectivity index is 2.74. The molecule has 0 saturated carbocycles. The number of rotatable bonds is 5. The minimum absolute atomic E-state index is 0.324. The van der Waals surface area contributed by atoms with Crippen molar-refractivity contribution in [2.75, 3.05) is 31.2 Å². The van der Waals surface area contributed by atoms with Crippen LogP contribution in [-0.2, 0) is 4.74 Å². The molecule has 0 fully saturated rings. The lowest BCUT2D eigenvalue weighted by atomic mass is 10.1. The number of esters is 1. The van der Waals surface area contributed by atoms with Crippen LogP contribution in [0.15, 0.2) is 18.2 Å². The summed E-state index contributed by atoms with van der Waals surface area (Å²) in [6, 6.07) is 4.32. The van der Waals surface area contributed by atoms with E-state index in [4.69, 9.17) is 11.5 Å². The molecule has 6 N–H and O–H groups in total. The maximum atomic E-state index is 11.5. The van der Waals surface area contributed by atoms with Gasteiger partial charge in [-0.05, 0) is 12.1 Å². The van der Waals surface area contributed by atoms with Crippen molar-refractivity contribution in [2.24, 2.45) is 5.73 Å². The number of para-hydroxylation sites is 1. The summed E-state index contributed by atoms with van der Waals surface area (Å²) in [5.41, 5.74) is 12.0. The lowest BCUT2D eigenvalue weighted by Gasteiger charge is -2.13. The Hall–Kier alpha value is -2.44. The van der Waals surface area contributed by atoms with Crippen molar-refractivity contribution < 1.29 is 14.3 Å². The molecule has 0 spiro atoms. The molecule has 1 rings (SSSR count). The fraction of sp³-hybridized carbons (Fsp3) is 0.273. The highest BCUT2D eigenvalue weighted by molar-refractivity contribution is 5.98. The van der Waals surface area contributed by atoms with Crippen LogP contribution in [0.1, 0.15) is 10.4 Å². The van der Waals surface area contributed by atoms with Crippen LogP contribution in [0.5, 0.6) is 0 Å². The third-order valence-electron chi connectivity index (χ3n) is 2.23. The fourth-order valence-corrected chi connectivity index (χ4v) is 1.42. The standard InChI is InChI=1S/C11H16N4O3/c1-18-10(16)7-3-2-4-8(12)9(7)14-5-6-15-11(13)17/h2-4,14H,5-6,12H2,1H3,(H3,13,15,17). The van der Waals surface area contributed by atoms with Gasteiger partial charge in [0.2, 0.25) is 0 Å². The van der Waals surface area contributed by atoms with Gasteiger partial charge in [-0.25, -0.2) is 9.59 Å². The number of carbonyl (C=O) groups excluding carboxylic acids is 2. The van der Waals surface area contributed by atoms with Crippen LogP contribution in [-0.4, -0.2) is 32.2 Å². The second-order valence-electron chi connectivity index (χ2n) is 3.48. The maximum Gasteiger partial charge on any atom is 0.340 e. The normalized spacial score (nSPS) is 9.61. The average molecular weight is 252 g/mol. The highest BCUT2D eigenvalue weighted by Gasteiger charge is 2.13. The summed E-state index contributed by atoms with van der Waals surface area (Å²) < 4.78 is 4.65. The zero-order chi connectivity index (χ0) is 13.5. The van der Waals surface area contributed by atoms with Crippen molar-refractivity contribution in [3.8, 4) is 0 Å². The summed E-state index contributed by atoms with van der Waals surface area (Å²) in [6.07, 6.45) is 0. The van der Waals surface area contributed by atoms with Gasteiger partial charge in [-0.15, -0.1) is 0 Å². The van der Waals surface area contributed by atoms with Crippen molar-refractivity contribution in [1.29, 1.82) is 0 Å². The summed E-state index contributed by atoms with van der Waals surface area (Å²) >= 11 is 0. The SMILES string of the molecule is COC(=O)c1cccc(N)c1NCCNC(N)=O. The smallest absolute Gasteiger partial charge is 0.340 e. The number of amides is 2. The van der Waals surface area contributed by atoms with E-state index in [1.54, 1.807) is 18.2 Å². The topological polar surface area (TPSA) is 119 Å². The number of primary amides is 1. The number of carbonyl (C=O) groups is 2. The number of nitrogens with two attached hydrogens (primary N) is 2. The fourth-order valence-electron chi connectivity index (χ4n) is 1.42. The monoisotopic (exact) mass is 252 g/mol. The van der Waals surface area contributed by atoms with Crippen molar-refractivity contribution in [3.63, 3.8) is 0 Å². The molecule has 0 radical (unpaired) electrons. The Kier molecular flexibility index (Phi) is 4.79. The summed E-state index contributed by atoms with van der Waals surface area (Å²) in [5.74, 6) is -0.479. The largest absolute Gasteiger partial charge is 0.465 e. The Labute approximate surface area is 104 Å². The number of nitrogens with one attached hydrogen (secondary N) is 2. The van der Waals surface area contributed by atoms with E-state index in [1.807, 2.05) is 0 Å². The number of ether oxygens (including phenoxy) is 1. The second kappa shape index (κ2) is 6.33. The maximum absolute atomic E-state index is 11.5. The van der Waals surface area contributed by atoms with Crippen LogP contribution in [0.3, 0.4) is 0 Å². The molecule has 98 valence electrons. The molecule has 0 aromatic heterocycles.